The first-order valence-corrected chi connectivity index (χ1v) is 14.5. The number of hydrogen-bond acceptors (Lipinski definition) is 5. The second-order valence-corrected chi connectivity index (χ2v) is 10.8. The highest BCUT2D eigenvalue weighted by atomic mass is 32.2. The molecule has 1 fully saturated rings. The largest absolute Gasteiger partial charge is 0.370 e. The number of nitrogens with zero attached hydrogens (tertiary/aromatic N) is 4. The summed E-state index contributed by atoms with van der Waals surface area (Å²) in [5.74, 6) is 0.610. The van der Waals surface area contributed by atoms with Gasteiger partial charge in [-0.2, -0.15) is 10.2 Å². The first kappa shape index (κ1) is 25.0. The molecule has 0 bridgehead atoms. The Bertz CT molecular complexity index is 1490. The van der Waals surface area contributed by atoms with Crippen molar-refractivity contribution >= 4 is 29.2 Å². The Balaban J connectivity index is 0.00000129. The maximum Gasteiger partial charge on any atom is 0.329 e. The number of carbonyl (C=O) groups is 1. The van der Waals surface area contributed by atoms with E-state index in [-0.39, 0.29) is 12.1 Å². The predicted octanol–water partition coefficient (Wildman–Crippen LogP) is 6.33. The fraction of sp³-hybridized carbons (Fsp3) is 0.414. The van der Waals surface area contributed by atoms with Crippen LogP contribution in [0.25, 0.3) is 16.6 Å². The zero-order valence-corrected chi connectivity index (χ0v) is 23.0. The topological polar surface area (TPSA) is 85.5 Å². The molecule has 4 heterocycles. The summed E-state index contributed by atoms with van der Waals surface area (Å²) in [6, 6.07) is 10.3. The van der Waals surface area contributed by atoms with Crippen LogP contribution in [-0.4, -0.2) is 32.0 Å². The van der Waals surface area contributed by atoms with Gasteiger partial charge in [-0.25, -0.2) is 9.31 Å². The third-order valence-electron chi connectivity index (χ3n) is 7.50. The average molecular weight is 531 g/mol. The van der Waals surface area contributed by atoms with Gasteiger partial charge in [-0.05, 0) is 91.5 Å². The van der Waals surface area contributed by atoms with Crippen LogP contribution in [0.2, 0.25) is 0 Å². The van der Waals surface area contributed by atoms with Gasteiger partial charge in [0.05, 0.1) is 30.0 Å². The molecule has 4 aromatic rings. The molecule has 1 saturated carbocycles. The molecule has 1 aliphatic heterocycles. The Hall–Kier alpha value is -3.30. The first-order chi connectivity index (χ1) is 18.6. The Morgan fingerprint density at radius 3 is 2.87 bits per heavy atom. The molecule has 0 radical (unpaired) electrons. The quantitative estimate of drug-likeness (QED) is 0.295. The number of aromatic nitrogens is 4. The third-order valence-corrected chi connectivity index (χ3v) is 8.20. The van der Waals surface area contributed by atoms with Gasteiger partial charge in [-0.1, -0.05) is 19.9 Å². The van der Waals surface area contributed by atoms with E-state index in [2.05, 4.69) is 46.3 Å². The lowest BCUT2D eigenvalue weighted by Gasteiger charge is -2.23. The Morgan fingerprint density at radius 1 is 1.16 bits per heavy atom. The van der Waals surface area contributed by atoms with Gasteiger partial charge in [0.2, 0.25) is 0 Å². The van der Waals surface area contributed by atoms with E-state index < -0.39 is 0 Å². The van der Waals surface area contributed by atoms with Crippen molar-refractivity contribution in [3.05, 3.63) is 65.1 Å². The second-order valence-electron chi connectivity index (χ2n) is 9.97. The maximum absolute atomic E-state index is 13.2. The van der Waals surface area contributed by atoms with Gasteiger partial charge in [-0.15, -0.1) is 0 Å². The number of rotatable bonds is 5. The van der Waals surface area contributed by atoms with Crippen molar-refractivity contribution in [2.75, 3.05) is 11.9 Å². The van der Waals surface area contributed by atoms with Gasteiger partial charge in [0.25, 0.3) is 0 Å². The van der Waals surface area contributed by atoms with E-state index in [9.17, 15) is 4.79 Å². The fourth-order valence-corrected chi connectivity index (χ4v) is 6.28. The SMILES string of the molecule is CC.Cc1cc2c(c(NC(=O)NSc3cc4n(n3)CCOC4C3CC3)c1-c1ccn3nccc3c1)CCC2. The minimum absolute atomic E-state index is 0.139. The number of hydrogen-bond donors (Lipinski definition) is 2. The molecule has 2 N–H and O–H groups in total. The van der Waals surface area contributed by atoms with Crippen LogP contribution in [-0.2, 0) is 24.1 Å². The molecular formula is C29H34N6O2S. The van der Waals surface area contributed by atoms with Gasteiger partial charge in [0.1, 0.15) is 11.1 Å². The summed E-state index contributed by atoms with van der Waals surface area (Å²) < 4.78 is 12.9. The van der Waals surface area contributed by atoms with Crippen molar-refractivity contribution in [3.8, 4) is 11.1 Å². The lowest BCUT2D eigenvalue weighted by Crippen LogP contribution is -2.24. The van der Waals surface area contributed by atoms with Crippen LogP contribution in [0.15, 0.2) is 47.8 Å². The standard InChI is InChI=1S/C27H28N6O2S.C2H6/c1-16-13-18-3-2-4-21(18)25(24(16)19-8-10-32-20(14-19)7-9-28-32)29-27(34)31-36-23-15-22-26(17-5-6-17)35-12-11-33(22)30-23;1-2/h7-10,13-15,17,26H,2-6,11-12H2,1H3,(H2,29,31,34);1-2H3. The molecule has 3 aliphatic rings. The molecular weight excluding hydrogens is 496 g/mol. The molecule has 38 heavy (non-hydrogen) atoms. The Kier molecular flexibility index (Phi) is 6.88. The van der Waals surface area contributed by atoms with E-state index in [1.165, 1.54) is 35.9 Å². The highest BCUT2D eigenvalue weighted by Crippen LogP contribution is 2.45. The van der Waals surface area contributed by atoms with Crippen LogP contribution in [0.3, 0.4) is 0 Å². The third kappa shape index (κ3) is 4.69. The molecule has 8 nitrogen and oxygen atoms in total. The van der Waals surface area contributed by atoms with Gasteiger partial charge in [0.15, 0.2) is 0 Å². The van der Waals surface area contributed by atoms with E-state index in [1.54, 1.807) is 6.20 Å². The maximum atomic E-state index is 13.2. The van der Waals surface area contributed by atoms with Crippen molar-refractivity contribution in [1.29, 1.82) is 0 Å². The van der Waals surface area contributed by atoms with E-state index in [1.807, 2.05) is 35.3 Å². The second kappa shape index (κ2) is 10.5. The number of benzene rings is 1. The molecule has 3 aromatic heterocycles. The molecule has 7 rings (SSSR count). The predicted molar refractivity (Wildman–Crippen MR) is 150 cm³/mol. The number of carbonyl (C=O) groups excluding carboxylic acids is 1. The Morgan fingerprint density at radius 2 is 2.03 bits per heavy atom. The molecule has 1 aromatic carbocycles. The van der Waals surface area contributed by atoms with Crippen molar-refractivity contribution in [3.63, 3.8) is 0 Å². The smallest absolute Gasteiger partial charge is 0.329 e. The van der Waals surface area contributed by atoms with Crippen LogP contribution in [0.4, 0.5) is 10.5 Å². The number of pyridine rings is 1. The molecule has 2 aliphatic carbocycles. The molecule has 198 valence electrons. The van der Waals surface area contributed by atoms with Crippen LogP contribution in [0.5, 0.6) is 0 Å². The minimum atomic E-state index is -0.243. The fourth-order valence-electron chi connectivity index (χ4n) is 5.71. The number of ether oxygens (including phenoxy) is 1. The van der Waals surface area contributed by atoms with Crippen LogP contribution < -0.4 is 10.0 Å². The molecule has 9 heteroatoms. The van der Waals surface area contributed by atoms with Crippen LogP contribution in [0, 0.1) is 12.8 Å². The summed E-state index contributed by atoms with van der Waals surface area (Å²) in [5.41, 5.74) is 8.94. The highest BCUT2D eigenvalue weighted by molar-refractivity contribution is 7.97. The zero-order chi connectivity index (χ0) is 26.2. The van der Waals surface area contributed by atoms with E-state index in [0.29, 0.717) is 12.5 Å². The van der Waals surface area contributed by atoms with Crippen LogP contribution in [0.1, 0.15) is 61.6 Å². The average Bonchev–Trinajstić information content (AvgIpc) is 3.29. The summed E-state index contributed by atoms with van der Waals surface area (Å²) in [6.45, 7) is 7.58. The lowest BCUT2D eigenvalue weighted by molar-refractivity contribution is 0.00273. The van der Waals surface area contributed by atoms with Gasteiger partial charge >= 0.3 is 6.03 Å². The summed E-state index contributed by atoms with van der Waals surface area (Å²) in [6.07, 6.45) is 9.47. The van der Waals surface area contributed by atoms with Crippen LogP contribution >= 0.6 is 11.9 Å². The van der Waals surface area contributed by atoms with Crippen molar-refractivity contribution in [2.24, 2.45) is 5.92 Å². The number of anilines is 1. The normalized spacial score (nSPS) is 17.9. The summed E-state index contributed by atoms with van der Waals surface area (Å²) >= 11 is 1.26. The van der Waals surface area contributed by atoms with Crippen molar-refractivity contribution in [1.82, 2.24) is 24.1 Å². The zero-order valence-electron chi connectivity index (χ0n) is 22.2. The number of urea groups is 1. The van der Waals surface area contributed by atoms with Gasteiger partial charge in [-0.3, -0.25) is 9.40 Å². The number of amides is 2. The van der Waals surface area contributed by atoms with E-state index in [0.717, 1.165) is 64.4 Å². The molecule has 1 unspecified atom stereocenters. The monoisotopic (exact) mass is 530 g/mol. The summed E-state index contributed by atoms with van der Waals surface area (Å²) in [5, 5.41) is 13.0. The Labute approximate surface area is 227 Å². The highest BCUT2D eigenvalue weighted by Gasteiger charge is 2.37. The number of aryl methyl sites for hydroxylation is 2. The minimum Gasteiger partial charge on any atom is -0.370 e. The van der Waals surface area contributed by atoms with E-state index in [4.69, 9.17) is 9.84 Å². The molecule has 1 atom stereocenters. The van der Waals surface area contributed by atoms with Gasteiger partial charge in [0, 0.05) is 29.9 Å². The first-order valence-electron chi connectivity index (χ1n) is 13.7. The van der Waals surface area contributed by atoms with E-state index >= 15 is 0 Å². The molecule has 0 spiro atoms. The number of fused-ring (bicyclic) bond motifs is 3. The number of nitrogens with one attached hydrogen (secondary N) is 2. The summed E-state index contributed by atoms with van der Waals surface area (Å²) in [4.78, 5) is 13.2. The lowest BCUT2D eigenvalue weighted by atomic mass is 9.93. The molecule has 2 amide bonds. The molecule has 0 saturated heterocycles. The van der Waals surface area contributed by atoms with Crippen molar-refractivity contribution < 1.29 is 9.53 Å². The van der Waals surface area contributed by atoms with Crippen molar-refractivity contribution in [2.45, 2.75) is 70.6 Å². The summed E-state index contributed by atoms with van der Waals surface area (Å²) in [7, 11) is 0. The van der Waals surface area contributed by atoms with Gasteiger partial charge < -0.3 is 10.1 Å².